The third kappa shape index (κ3) is 13.6. The maximum atomic E-state index is 10.9. The van der Waals surface area contributed by atoms with Gasteiger partial charge < -0.3 is 14.7 Å². The first-order valence-corrected chi connectivity index (χ1v) is 5.32. The number of carbonyl (C=O) groups excluding carboxylic acids is 3. The predicted octanol–water partition coefficient (Wildman–Crippen LogP) is 0.623. The van der Waals surface area contributed by atoms with Crippen LogP contribution in [0.2, 0.25) is 0 Å². The van der Waals surface area contributed by atoms with Crippen molar-refractivity contribution in [2.24, 2.45) is 0 Å². The minimum atomic E-state index is -1.00. The number of carbonyl (C=O) groups is 3. The maximum absolute atomic E-state index is 10.9. The van der Waals surface area contributed by atoms with Crippen LogP contribution in [0.25, 0.3) is 0 Å². The van der Waals surface area contributed by atoms with E-state index in [9.17, 15) is 19.5 Å². The molecule has 0 aliphatic rings. The topological polar surface area (TPSA) is 74.3 Å². The summed E-state index contributed by atoms with van der Waals surface area (Å²) in [4.78, 5) is 30.9. The molecule has 0 amide bonds. The second kappa shape index (κ2) is 12.6. The average molecular weight is 321 g/mol. The van der Waals surface area contributed by atoms with Crippen LogP contribution in [-0.2, 0) is 36.8 Å². The van der Waals surface area contributed by atoms with E-state index in [1.54, 1.807) is 0 Å². The van der Waals surface area contributed by atoms with E-state index in [4.69, 9.17) is 0 Å². The number of rotatable bonds is 10. The van der Waals surface area contributed by atoms with Gasteiger partial charge in [-0.1, -0.05) is 19.3 Å². The van der Waals surface area contributed by atoms with Crippen molar-refractivity contribution >= 4 is 18.0 Å². The third-order valence-corrected chi connectivity index (χ3v) is 2.15. The summed E-state index contributed by atoms with van der Waals surface area (Å²) in [6.07, 6.45) is 5.36. The Morgan fingerprint density at radius 3 is 1.94 bits per heavy atom. The number of unbranched alkanes of at least 4 members (excludes halogenated alkanes) is 4. The van der Waals surface area contributed by atoms with Crippen molar-refractivity contribution in [3.8, 4) is 0 Å². The van der Waals surface area contributed by atoms with Gasteiger partial charge in [-0.05, 0) is 19.3 Å². The summed E-state index contributed by atoms with van der Waals surface area (Å²) in [6.45, 7) is 0. The quantitative estimate of drug-likeness (QED) is 0.256. The molecule has 96 valence electrons. The monoisotopic (exact) mass is 320 g/mol. The minimum absolute atomic E-state index is 0. The van der Waals surface area contributed by atoms with Crippen molar-refractivity contribution in [3.63, 3.8) is 0 Å². The third-order valence-electron chi connectivity index (χ3n) is 2.15. The molecule has 0 saturated heterocycles. The van der Waals surface area contributed by atoms with Crippen molar-refractivity contribution in [3.05, 3.63) is 0 Å². The van der Waals surface area contributed by atoms with Crippen LogP contribution in [0.5, 0.6) is 0 Å². The van der Waals surface area contributed by atoms with Crippen LogP contribution >= 0.6 is 0 Å². The molecule has 0 aliphatic carbocycles. The van der Waals surface area contributed by atoms with Crippen LogP contribution < -0.4 is 5.11 Å². The summed E-state index contributed by atoms with van der Waals surface area (Å²) in [5, 5.41) is 10.1. The second-order valence-electron chi connectivity index (χ2n) is 3.55. The van der Waals surface area contributed by atoms with E-state index in [-0.39, 0.29) is 41.0 Å². The molecular formula is C11H17AgO4. The number of hydrogen-bond acceptors (Lipinski definition) is 4. The van der Waals surface area contributed by atoms with Gasteiger partial charge >= 0.3 is 22.4 Å². The summed E-state index contributed by atoms with van der Waals surface area (Å²) < 4.78 is 0. The van der Waals surface area contributed by atoms with Crippen molar-refractivity contribution < 1.29 is 41.9 Å². The standard InChI is InChI=1S/C11H18O4.Ag/c12-9-8-10(13)6-4-2-1-3-5-7-11(14)15;/h9H,1-8H2,(H,14,15);/q;+1/p-1. The average Bonchev–Trinajstić information content (AvgIpc) is 2.16. The first-order valence-electron chi connectivity index (χ1n) is 5.32. The zero-order chi connectivity index (χ0) is 11.5. The van der Waals surface area contributed by atoms with E-state index < -0.39 is 5.97 Å². The Kier molecular flexibility index (Phi) is 14.1. The van der Waals surface area contributed by atoms with Gasteiger partial charge in [-0.25, -0.2) is 0 Å². The van der Waals surface area contributed by atoms with Crippen molar-refractivity contribution in [2.45, 2.75) is 51.4 Å². The number of aliphatic carboxylic acids is 1. The fourth-order valence-corrected chi connectivity index (χ4v) is 1.32. The van der Waals surface area contributed by atoms with Gasteiger partial charge in [0.25, 0.3) is 0 Å². The van der Waals surface area contributed by atoms with Gasteiger partial charge in [0.1, 0.15) is 12.1 Å². The molecule has 16 heavy (non-hydrogen) atoms. The van der Waals surface area contributed by atoms with Gasteiger partial charge in [-0.2, -0.15) is 0 Å². The van der Waals surface area contributed by atoms with Gasteiger partial charge in [0.05, 0.1) is 6.42 Å². The van der Waals surface area contributed by atoms with Crippen LogP contribution in [0.1, 0.15) is 51.4 Å². The van der Waals surface area contributed by atoms with E-state index in [1.165, 1.54) is 0 Å². The Bertz CT molecular complexity index is 216. The predicted molar refractivity (Wildman–Crippen MR) is 53.0 cm³/mol. The number of hydrogen-bond donors (Lipinski definition) is 0. The summed E-state index contributed by atoms with van der Waals surface area (Å²) in [6, 6.07) is 0. The largest absolute Gasteiger partial charge is 1.00 e. The van der Waals surface area contributed by atoms with E-state index >= 15 is 0 Å². The van der Waals surface area contributed by atoms with Crippen LogP contribution in [-0.4, -0.2) is 18.0 Å². The molecule has 0 N–H and O–H groups in total. The molecule has 0 unspecified atom stereocenters. The number of aldehydes is 1. The number of carboxylic acid groups (broad SMARTS) is 1. The van der Waals surface area contributed by atoms with Crippen LogP contribution in [0.3, 0.4) is 0 Å². The number of carboxylic acids is 1. The van der Waals surface area contributed by atoms with Gasteiger partial charge in [-0.15, -0.1) is 0 Å². The molecule has 0 radical (unpaired) electrons. The summed E-state index contributed by atoms with van der Waals surface area (Å²) >= 11 is 0. The van der Waals surface area contributed by atoms with E-state index in [0.717, 1.165) is 25.7 Å². The number of ketones is 1. The van der Waals surface area contributed by atoms with E-state index in [1.807, 2.05) is 0 Å². The Balaban J connectivity index is 0. The van der Waals surface area contributed by atoms with Crippen molar-refractivity contribution in [1.29, 1.82) is 0 Å². The van der Waals surface area contributed by atoms with Crippen LogP contribution in [0, 0.1) is 0 Å². The molecule has 0 aromatic carbocycles. The Labute approximate surface area is 111 Å². The van der Waals surface area contributed by atoms with Crippen LogP contribution in [0.4, 0.5) is 0 Å². The summed E-state index contributed by atoms with van der Waals surface area (Å²) in [5.74, 6) is -1.02. The first kappa shape index (κ1) is 17.9. The first-order chi connectivity index (χ1) is 7.16. The molecule has 0 aromatic rings. The smallest absolute Gasteiger partial charge is 0.550 e. The van der Waals surface area contributed by atoms with E-state index in [0.29, 0.717) is 19.1 Å². The van der Waals surface area contributed by atoms with Gasteiger partial charge in [-0.3, -0.25) is 4.79 Å². The molecule has 4 nitrogen and oxygen atoms in total. The zero-order valence-electron chi connectivity index (χ0n) is 9.17. The maximum Gasteiger partial charge on any atom is 1.00 e. The summed E-state index contributed by atoms with van der Waals surface area (Å²) in [5.41, 5.74) is 0. The fraction of sp³-hybridized carbons (Fsp3) is 0.727. The van der Waals surface area contributed by atoms with Gasteiger partial charge in [0.15, 0.2) is 0 Å². The molecule has 0 aliphatic heterocycles. The molecule has 0 bridgehead atoms. The Morgan fingerprint density at radius 1 is 0.938 bits per heavy atom. The molecule has 0 fully saturated rings. The fourth-order valence-electron chi connectivity index (χ4n) is 1.32. The molecule has 0 atom stereocenters. The zero-order valence-corrected chi connectivity index (χ0v) is 10.7. The van der Waals surface area contributed by atoms with Crippen LogP contribution in [0.15, 0.2) is 0 Å². The molecule has 0 rings (SSSR count). The normalized spacial score (nSPS) is 9.25. The SMILES string of the molecule is O=CCC(=O)CCCCCCCC(=O)[O-].[Ag+]. The van der Waals surface area contributed by atoms with Gasteiger partial charge in [0.2, 0.25) is 0 Å². The molecule has 5 heteroatoms. The molecule has 0 aromatic heterocycles. The molecule has 0 heterocycles. The van der Waals surface area contributed by atoms with Crippen molar-refractivity contribution in [1.82, 2.24) is 0 Å². The molecular weight excluding hydrogens is 304 g/mol. The Hall–Kier alpha value is -0.450. The summed E-state index contributed by atoms with van der Waals surface area (Å²) in [7, 11) is 0. The van der Waals surface area contributed by atoms with Crippen molar-refractivity contribution in [2.75, 3.05) is 0 Å². The second-order valence-corrected chi connectivity index (χ2v) is 3.55. The minimum Gasteiger partial charge on any atom is -0.550 e. The van der Waals surface area contributed by atoms with E-state index in [2.05, 4.69) is 0 Å². The van der Waals surface area contributed by atoms with Gasteiger partial charge in [0, 0.05) is 12.4 Å². The molecule has 0 spiro atoms. The molecule has 0 saturated carbocycles. The number of Topliss-reactive ketones (excluding diaryl/α,β-unsaturated/α-hetero) is 1. The Morgan fingerprint density at radius 2 is 1.44 bits per heavy atom.